The second-order valence-corrected chi connectivity index (χ2v) is 10.1. The van der Waals surface area contributed by atoms with E-state index in [4.69, 9.17) is 15.8 Å². The van der Waals surface area contributed by atoms with Gasteiger partial charge in [-0.2, -0.15) is 0 Å². The molecule has 1 fully saturated rings. The minimum atomic E-state index is -1.27. The average molecular weight is 324 g/mol. The lowest BCUT2D eigenvalue weighted by atomic mass is 9.58. The molecule has 0 unspecified atom stereocenters. The Bertz CT molecular complexity index is 428. The van der Waals surface area contributed by atoms with Gasteiger partial charge in [0.15, 0.2) is 0 Å². The van der Waals surface area contributed by atoms with Gasteiger partial charge in [-0.1, -0.05) is 13.8 Å². The molecule has 126 valence electrons. The summed E-state index contributed by atoms with van der Waals surface area (Å²) in [7, 11) is -0.818. The molecule has 1 rings (SSSR count). The van der Waals surface area contributed by atoms with E-state index in [9.17, 15) is 0 Å². The zero-order valence-electron chi connectivity index (χ0n) is 16.1. The Morgan fingerprint density at radius 3 is 2.05 bits per heavy atom. The quantitative estimate of drug-likeness (QED) is 0.791. The Morgan fingerprint density at radius 1 is 1.19 bits per heavy atom. The first kappa shape index (κ1) is 17.6. The number of rotatable bonds is 4. The fourth-order valence-electron chi connectivity index (χ4n) is 3.21. The van der Waals surface area contributed by atoms with Crippen molar-refractivity contribution in [1.29, 1.82) is 1.43 Å². The predicted molar refractivity (Wildman–Crippen MR) is 86.8 cm³/mol. The zero-order valence-corrected chi connectivity index (χ0v) is 16.0. The van der Waals surface area contributed by atoms with Gasteiger partial charge >= 0.3 is 0 Å². The van der Waals surface area contributed by atoms with E-state index in [0.717, 1.165) is 0 Å². The SMILES string of the molecule is [3H]OC(C)(C)[C@@]1(C)OC(C)(C)C(C)(C)[C@H](F)[C@]1(C)OP(C)C. The van der Waals surface area contributed by atoms with Crippen molar-refractivity contribution in [3.8, 4) is 0 Å². The van der Waals surface area contributed by atoms with Gasteiger partial charge in [0.2, 0.25) is 1.43 Å². The summed E-state index contributed by atoms with van der Waals surface area (Å²) < 4.78 is 35.7. The van der Waals surface area contributed by atoms with E-state index in [2.05, 4.69) is 0 Å². The first-order valence-electron chi connectivity index (χ1n) is 7.85. The number of alkyl halides is 1. The van der Waals surface area contributed by atoms with E-state index in [0.29, 0.717) is 0 Å². The maximum absolute atomic E-state index is 15.7. The van der Waals surface area contributed by atoms with Gasteiger partial charge in [0.05, 0.1) is 11.2 Å². The van der Waals surface area contributed by atoms with Crippen LogP contribution >= 0.6 is 8.15 Å². The molecule has 0 aromatic carbocycles. The van der Waals surface area contributed by atoms with Crippen LogP contribution in [0.1, 0.15) is 55.4 Å². The van der Waals surface area contributed by atoms with Crippen LogP contribution in [0.5, 0.6) is 0 Å². The molecule has 1 saturated heterocycles. The van der Waals surface area contributed by atoms with Crippen LogP contribution in [0.4, 0.5) is 4.39 Å². The average Bonchev–Trinajstić information content (AvgIpc) is 2.34. The molecule has 0 aromatic heterocycles. The van der Waals surface area contributed by atoms with Crippen molar-refractivity contribution in [2.45, 2.75) is 84.0 Å². The molecule has 0 aliphatic carbocycles. The van der Waals surface area contributed by atoms with Crippen LogP contribution in [0.25, 0.3) is 0 Å². The number of halogens is 1. The molecule has 1 aliphatic rings. The third kappa shape index (κ3) is 2.67. The minimum Gasteiger partial charge on any atom is -0.387 e. The standard InChI is InChI=1S/C16H32FO3P/c1-12(2)11(17)15(7,20-21(9)10)16(8,13(3,4)18)19-14(12,5)6/h11,18H,1-10H3/t11-,15-,16+/m0/s1/i18T. The molecule has 0 spiro atoms. The molecule has 3 atom stereocenters. The zero-order chi connectivity index (χ0) is 17.8. The molecule has 0 amide bonds. The van der Waals surface area contributed by atoms with E-state index in [1.807, 2.05) is 41.0 Å². The van der Waals surface area contributed by atoms with Crippen molar-refractivity contribution >= 4 is 8.15 Å². The van der Waals surface area contributed by atoms with Crippen LogP contribution in [-0.2, 0) is 9.26 Å². The van der Waals surface area contributed by atoms with Gasteiger partial charge < -0.3 is 14.4 Å². The topological polar surface area (TPSA) is 38.7 Å². The molecular formula is C16H32FO3P. The molecule has 0 radical (unpaired) electrons. The Morgan fingerprint density at radius 2 is 1.67 bits per heavy atom. The van der Waals surface area contributed by atoms with Crippen molar-refractivity contribution < 1.29 is 18.8 Å². The number of ether oxygens (including phenoxy) is 1. The largest absolute Gasteiger partial charge is 0.387 e. The highest BCUT2D eigenvalue weighted by atomic mass is 31.1. The molecule has 0 aromatic rings. The van der Waals surface area contributed by atoms with Gasteiger partial charge in [-0.3, -0.25) is 0 Å². The van der Waals surface area contributed by atoms with Gasteiger partial charge in [-0.05, 0) is 54.9 Å². The van der Waals surface area contributed by atoms with Gasteiger partial charge in [0, 0.05) is 13.6 Å². The third-order valence-electron chi connectivity index (χ3n) is 5.60. The van der Waals surface area contributed by atoms with Crippen LogP contribution in [0, 0.1) is 5.41 Å². The van der Waals surface area contributed by atoms with Crippen LogP contribution in [-0.4, -0.2) is 48.4 Å². The van der Waals surface area contributed by atoms with Gasteiger partial charge in [-0.25, -0.2) is 4.39 Å². The van der Waals surface area contributed by atoms with E-state index in [-0.39, 0.29) is 0 Å². The molecule has 1 N–H and O–H groups in total. The first-order chi connectivity index (χ1) is 9.59. The molecule has 1 aliphatic heterocycles. The highest BCUT2D eigenvalue weighted by Gasteiger charge is 2.71. The lowest BCUT2D eigenvalue weighted by Gasteiger charge is -2.65. The maximum Gasteiger partial charge on any atom is 0.211 e. The number of hydrogen-bond donors (Lipinski definition) is 1. The van der Waals surface area contributed by atoms with E-state index < -0.39 is 42.1 Å². The van der Waals surface area contributed by atoms with Gasteiger partial charge in [0.1, 0.15) is 17.4 Å². The fourth-order valence-corrected chi connectivity index (χ4v) is 4.24. The second-order valence-electron chi connectivity index (χ2n) is 8.25. The highest BCUT2D eigenvalue weighted by molar-refractivity contribution is 7.50. The Hall–Kier alpha value is 0.240. The normalized spacial score (nSPS) is 40.2. The van der Waals surface area contributed by atoms with Crippen molar-refractivity contribution in [3.63, 3.8) is 0 Å². The molecule has 0 bridgehead atoms. The van der Waals surface area contributed by atoms with Crippen molar-refractivity contribution in [2.75, 3.05) is 13.3 Å². The molecule has 5 heteroatoms. The molecule has 1 heterocycles. The molecule has 21 heavy (non-hydrogen) atoms. The highest BCUT2D eigenvalue weighted by Crippen LogP contribution is 2.60. The third-order valence-corrected chi connectivity index (χ3v) is 6.34. The lowest BCUT2D eigenvalue weighted by molar-refractivity contribution is -0.356. The fraction of sp³-hybridized carbons (Fsp3) is 1.00. The van der Waals surface area contributed by atoms with Gasteiger partial charge in [0.25, 0.3) is 0 Å². The molecule has 3 nitrogen and oxygen atoms in total. The lowest BCUT2D eigenvalue weighted by Crippen LogP contribution is -2.78. The summed E-state index contributed by atoms with van der Waals surface area (Å²) in [6.07, 6.45) is -1.27. The molecule has 0 saturated carbocycles. The van der Waals surface area contributed by atoms with Crippen LogP contribution in [0.15, 0.2) is 0 Å². The van der Waals surface area contributed by atoms with Gasteiger partial charge in [-0.15, -0.1) is 0 Å². The van der Waals surface area contributed by atoms with Crippen LogP contribution < -0.4 is 0 Å². The summed E-state index contributed by atoms with van der Waals surface area (Å²) in [4.78, 5) is 0. The van der Waals surface area contributed by atoms with Crippen LogP contribution in [0.2, 0.25) is 0 Å². The second kappa shape index (κ2) is 5.12. The summed E-state index contributed by atoms with van der Waals surface area (Å²) in [5, 5.41) is 4.95. The number of aliphatic hydroxyl groups is 1. The van der Waals surface area contributed by atoms with E-state index in [1.54, 1.807) is 27.7 Å². The van der Waals surface area contributed by atoms with E-state index in [1.165, 1.54) is 0 Å². The Kier molecular flexibility index (Phi) is 4.29. The Labute approximate surface area is 131 Å². The van der Waals surface area contributed by atoms with Crippen molar-refractivity contribution in [2.24, 2.45) is 5.41 Å². The minimum absolute atomic E-state index is 0.732. The predicted octanol–water partition coefficient (Wildman–Crippen LogP) is 4.12. The molecular weight excluding hydrogens is 290 g/mol. The summed E-state index contributed by atoms with van der Waals surface area (Å²) in [6.45, 7) is 18.4. The summed E-state index contributed by atoms with van der Waals surface area (Å²) in [5.41, 5.74) is -4.85. The monoisotopic (exact) mass is 324 g/mol. The summed E-state index contributed by atoms with van der Waals surface area (Å²) in [5.74, 6) is 0. The number of hydrogen-bond acceptors (Lipinski definition) is 3. The maximum atomic E-state index is 15.7. The van der Waals surface area contributed by atoms with Crippen LogP contribution in [0.3, 0.4) is 0 Å². The smallest absolute Gasteiger partial charge is 0.211 e. The Balaban J connectivity index is 3.58. The first-order valence-corrected chi connectivity index (χ1v) is 9.59. The summed E-state index contributed by atoms with van der Waals surface area (Å²) >= 11 is 0. The van der Waals surface area contributed by atoms with Crippen molar-refractivity contribution in [3.05, 3.63) is 0 Å². The summed E-state index contributed by atoms with van der Waals surface area (Å²) in [6, 6.07) is 0. The van der Waals surface area contributed by atoms with Crippen molar-refractivity contribution in [1.82, 2.24) is 0 Å². The van der Waals surface area contributed by atoms with E-state index >= 15 is 4.39 Å².